The highest BCUT2D eigenvalue weighted by Crippen LogP contribution is 2.26. The molecule has 0 aliphatic heterocycles. The van der Waals surface area contributed by atoms with Gasteiger partial charge in [0.1, 0.15) is 11.6 Å². The van der Waals surface area contributed by atoms with Gasteiger partial charge in [0.05, 0.1) is 15.5 Å². The standard InChI is InChI=1S/C17H17FN2O3S2/c1-11-10-13(5-6-14(11)18)25(21,22)19-8-7-15-12(2)23-17(20-15)16-4-3-9-24-16/h3-6,9-10,19H,7-8H2,1-2H3. The van der Waals surface area contributed by atoms with Crippen molar-refractivity contribution in [3.05, 3.63) is 58.5 Å². The smallest absolute Gasteiger partial charge is 0.240 e. The van der Waals surface area contributed by atoms with Crippen LogP contribution >= 0.6 is 11.3 Å². The molecule has 0 bridgehead atoms. The molecule has 5 nitrogen and oxygen atoms in total. The second-order valence-corrected chi connectivity index (χ2v) is 8.27. The molecule has 0 amide bonds. The third kappa shape index (κ3) is 3.97. The van der Waals surface area contributed by atoms with E-state index in [0.717, 1.165) is 10.9 Å². The maximum Gasteiger partial charge on any atom is 0.240 e. The highest BCUT2D eigenvalue weighted by atomic mass is 32.2. The third-order valence-corrected chi connectivity index (χ3v) is 6.03. The molecule has 3 aromatic rings. The van der Waals surface area contributed by atoms with Crippen molar-refractivity contribution in [2.24, 2.45) is 0 Å². The van der Waals surface area contributed by atoms with Crippen LogP contribution in [-0.2, 0) is 16.4 Å². The second-order valence-electron chi connectivity index (χ2n) is 5.56. The zero-order valence-electron chi connectivity index (χ0n) is 13.7. The monoisotopic (exact) mass is 380 g/mol. The van der Waals surface area contributed by atoms with Gasteiger partial charge in [0.25, 0.3) is 0 Å². The number of aromatic nitrogens is 1. The number of oxazole rings is 1. The second kappa shape index (κ2) is 7.07. The van der Waals surface area contributed by atoms with Crippen molar-refractivity contribution in [3.63, 3.8) is 0 Å². The van der Waals surface area contributed by atoms with E-state index in [9.17, 15) is 12.8 Å². The van der Waals surface area contributed by atoms with E-state index in [0.29, 0.717) is 23.8 Å². The first kappa shape index (κ1) is 17.8. The number of thiophene rings is 1. The molecular weight excluding hydrogens is 363 g/mol. The summed E-state index contributed by atoms with van der Waals surface area (Å²) in [4.78, 5) is 5.40. The molecule has 2 heterocycles. The van der Waals surface area contributed by atoms with E-state index in [1.54, 1.807) is 6.92 Å². The topological polar surface area (TPSA) is 72.2 Å². The number of aryl methyl sites for hydroxylation is 2. The largest absolute Gasteiger partial charge is 0.440 e. The zero-order valence-corrected chi connectivity index (χ0v) is 15.4. The minimum absolute atomic E-state index is 0.0440. The maximum atomic E-state index is 13.3. The molecule has 0 fully saturated rings. The van der Waals surface area contributed by atoms with Crippen molar-refractivity contribution in [1.82, 2.24) is 9.71 Å². The normalized spacial score (nSPS) is 11.8. The van der Waals surface area contributed by atoms with E-state index >= 15 is 0 Å². The average molecular weight is 380 g/mol. The molecule has 0 saturated carbocycles. The van der Waals surface area contributed by atoms with Crippen LogP contribution in [0.1, 0.15) is 17.0 Å². The van der Waals surface area contributed by atoms with Crippen LogP contribution in [0.2, 0.25) is 0 Å². The van der Waals surface area contributed by atoms with E-state index in [-0.39, 0.29) is 17.0 Å². The lowest BCUT2D eigenvalue weighted by atomic mass is 10.2. The number of nitrogens with zero attached hydrogens (tertiary/aromatic N) is 1. The number of hydrogen-bond acceptors (Lipinski definition) is 5. The minimum atomic E-state index is -3.69. The van der Waals surface area contributed by atoms with Gasteiger partial charge < -0.3 is 4.42 Å². The summed E-state index contributed by atoms with van der Waals surface area (Å²) in [5, 5.41) is 1.94. The van der Waals surface area contributed by atoms with Crippen LogP contribution in [0.15, 0.2) is 45.0 Å². The lowest BCUT2D eigenvalue weighted by molar-refractivity contribution is 0.539. The summed E-state index contributed by atoms with van der Waals surface area (Å²) < 4.78 is 46.0. The van der Waals surface area contributed by atoms with Gasteiger partial charge in [-0.1, -0.05) is 6.07 Å². The first-order valence-electron chi connectivity index (χ1n) is 7.63. The fourth-order valence-electron chi connectivity index (χ4n) is 2.34. The van der Waals surface area contributed by atoms with Gasteiger partial charge in [-0.05, 0) is 49.1 Å². The molecule has 132 valence electrons. The van der Waals surface area contributed by atoms with Crippen molar-refractivity contribution in [2.45, 2.75) is 25.2 Å². The Balaban J connectivity index is 1.67. The molecule has 0 unspecified atom stereocenters. The zero-order chi connectivity index (χ0) is 18.0. The average Bonchev–Trinajstić information content (AvgIpc) is 3.20. The number of hydrogen-bond donors (Lipinski definition) is 1. The molecule has 0 atom stereocenters. The molecule has 0 aliphatic rings. The molecule has 25 heavy (non-hydrogen) atoms. The quantitative estimate of drug-likeness (QED) is 0.708. The summed E-state index contributed by atoms with van der Waals surface area (Å²) in [6.45, 7) is 3.51. The number of benzene rings is 1. The SMILES string of the molecule is Cc1cc(S(=O)(=O)NCCc2nc(-c3cccs3)oc2C)ccc1F. The number of halogens is 1. The summed E-state index contributed by atoms with van der Waals surface area (Å²) in [7, 11) is -3.69. The molecule has 3 rings (SSSR count). The molecule has 2 aromatic heterocycles. The van der Waals surface area contributed by atoms with Crippen LogP contribution in [0.4, 0.5) is 4.39 Å². The van der Waals surface area contributed by atoms with Gasteiger partial charge in [-0.2, -0.15) is 0 Å². The van der Waals surface area contributed by atoms with Gasteiger partial charge in [-0.25, -0.2) is 22.5 Å². The van der Waals surface area contributed by atoms with Crippen LogP contribution in [0.25, 0.3) is 10.8 Å². The summed E-state index contributed by atoms with van der Waals surface area (Å²) >= 11 is 1.53. The predicted molar refractivity (Wildman–Crippen MR) is 94.6 cm³/mol. The van der Waals surface area contributed by atoms with E-state index in [1.807, 2.05) is 17.5 Å². The highest BCUT2D eigenvalue weighted by molar-refractivity contribution is 7.89. The first-order chi connectivity index (χ1) is 11.9. The number of sulfonamides is 1. The van der Waals surface area contributed by atoms with E-state index in [1.165, 1.54) is 30.4 Å². The van der Waals surface area contributed by atoms with Gasteiger partial charge in [0, 0.05) is 13.0 Å². The van der Waals surface area contributed by atoms with Crippen LogP contribution in [0.5, 0.6) is 0 Å². The van der Waals surface area contributed by atoms with E-state index < -0.39 is 15.8 Å². The Hall–Kier alpha value is -2.03. The Bertz CT molecular complexity index is 979. The van der Waals surface area contributed by atoms with Gasteiger partial charge in [0.15, 0.2) is 0 Å². The predicted octanol–water partition coefficient (Wildman–Crippen LogP) is 3.68. The van der Waals surface area contributed by atoms with Crippen LogP contribution in [-0.4, -0.2) is 19.9 Å². The first-order valence-corrected chi connectivity index (χ1v) is 9.99. The Morgan fingerprint density at radius 1 is 1.28 bits per heavy atom. The fraction of sp³-hybridized carbons (Fsp3) is 0.235. The summed E-state index contributed by atoms with van der Waals surface area (Å²) in [6.07, 6.45) is 0.403. The molecule has 0 radical (unpaired) electrons. The molecule has 0 aliphatic carbocycles. The Labute approximate surface area is 149 Å². The summed E-state index contributed by atoms with van der Waals surface area (Å²) in [5.74, 6) is 0.776. The van der Waals surface area contributed by atoms with Gasteiger partial charge >= 0.3 is 0 Å². The number of rotatable bonds is 6. The van der Waals surface area contributed by atoms with Crippen LogP contribution < -0.4 is 4.72 Å². The van der Waals surface area contributed by atoms with Crippen molar-refractivity contribution in [3.8, 4) is 10.8 Å². The van der Waals surface area contributed by atoms with Crippen molar-refractivity contribution in [2.75, 3.05) is 6.54 Å². The van der Waals surface area contributed by atoms with E-state index in [2.05, 4.69) is 9.71 Å². The lowest BCUT2D eigenvalue weighted by Gasteiger charge is -2.07. The lowest BCUT2D eigenvalue weighted by Crippen LogP contribution is -2.26. The van der Waals surface area contributed by atoms with Crippen molar-refractivity contribution in [1.29, 1.82) is 0 Å². The minimum Gasteiger partial charge on any atom is -0.440 e. The molecule has 8 heteroatoms. The van der Waals surface area contributed by atoms with Crippen LogP contribution in [0.3, 0.4) is 0 Å². The molecule has 0 spiro atoms. The third-order valence-electron chi connectivity index (χ3n) is 3.72. The molecule has 1 N–H and O–H groups in total. The Morgan fingerprint density at radius 3 is 2.76 bits per heavy atom. The molecule has 0 saturated heterocycles. The molecular formula is C17H17FN2O3S2. The Kier molecular flexibility index (Phi) is 5.03. The fourth-order valence-corrected chi connectivity index (χ4v) is 4.10. The molecule has 1 aromatic carbocycles. The van der Waals surface area contributed by atoms with Crippen LogP contribution in [0, 0.1) is 19.7 Å². The summed E-state index contributed by atoms with van der Waals surface area (Å²) in [5.41, 5.74) is 0.997. The summed E-state index contributed by atoms with van der Waals surface area (Å²) in [6, 6.07) is 7.55. The number of nitrogens with one attached hydrogen (secondary N) is 1. The maximum absolute atomic E-state index is 13.3. The van der Waals surface area contributed by atoms with Crippen molar-refractivity contribution >= 4 is 21.4 Å². The van der Waals surface area contributed by atoms with Crippen molar-refractivity contribution < 1.29 is 17.2 Å². The Morgan fingerprint density at radius 2 is 2.08 bits per heavy atom. The van der Waals surface area contributed by atoms with Gasteiger partial charge in [-0.15, -0.1) is 11.3 Å². The van der Waals surface area contributed by atoms with Gasteiger partial charge in [0.2, 0.25) is 15.9 Å². The van der Waals surface area contributed by atoms with E-state index in [4.69, 9.17) is 4.42 Å². The van der Waals surface area contributed by atoms with Gasteiger partial charge in [-0.3, -0.25) is 0 Å². The highest BCUT2D eigenvalue weighted by Gasteiger charge is 2.17.